The molecule has 0 aliphatic carbocycles. The van der Waals surface area contributed by atoms with E-state index in [1.54, 1.807) is 0 Å². The Bertz CT molecular complexity index is 3140. The fraction of sp³-hybridized carbons (Fsp3) is 0.0714. The molecule has 0 aliphatic heterocycles. The van der Waals surface area contributed by atoms with Crippen molar-refractivity contribution in [1.29, 1.82) is 0 Å². The van der Waals surface area contributed by atoms with Crippen molar-refractivity contribution >= 4 is 21.8 Å². The van der Waals surface area contributed by atoms with Crippen molar-refractivity contribution in [2.24, 2.45) is 0 Å². The Kier molecular flexibility index (Phi) is 8.76. The normalized spacial score (nSPS) is 11.4. The Morgan fingerprint density at radius 1 is 0.276 bits per heavy atom. The van der Waals surface area contributed by atoms with Crippen LogP contribution >= 0.6 is 0 Å². The van der Waals surface area contributed by atoms with Crippen LogP contribution in [-0.2, 0) is 0 Å². The van der Waals surface area contributed by atoms with Crippen molar-refractivity contribution in [1.82, 2.24) is 9.13 Å². The van der Waals surface area contributed by atoms with Crippen LogP contribution in [0, 0.1) is 27.7 Å². The molecule has 0 saturated carbocycles. The molecule has 10 aromatic rings. The van der Waals surface area contributed by atoms with Gasteiger partial charge in [0.15, 0.2) is 0 Å². The first kappa shape index (κ1) is 35.3. The zero-order valence-corrected chi connectivity index (χ0v) is 33.4. The lowest BCUT2D eigenvalue weighted by Crippen LogP contribution is -1.99. The largest absolute Gasteiger partial charge is 0.309 e. The van der Waals surface area contributed by atoms with Gasteiger partial charge in [0.2, 0.25) is 0 Å². The molecule has 2 heterocycles. The number of aryl methyl sites for hydroxylation is 4. The van der Waals surface area contributed by atoms with Crippen molar-refractivity contribution in [2.45, 2.75) is 27.7 Å². The Morgan fingerprint density at radius 3 is 1.28 bits per heavy atom. The fourth-order valence-corrected chi connectivity index (χ4v) is 8.80. The van der Waals surface area contributed by atoms with Crippen LogP contribution < -0.4 is 0 Å². The summed E-state index contributed by atoms with van der Waals surface area (Å²) >= 11 is 0. The van der Waals surface area contributed by atoms with E-state index in [-0.39, 0.29) is 0 Å². The molecule has 0 saturated heterocycles. The van der Waals surface area contributed by atoms with Crippen LogP contribution in [0.4, 0.5) is 0 Å². The number of benzene rings is 8. The second kappa shape index (κ2) is 14.4. The van der Waals surface area contributed by atoms with Crippen molar-refractivity contribution in [3.8, 4) is 67.3 Å². The lowest BCUT2D eigenvalue weighted by molar-refractivity contribution is 1.13. The molecule has 0 spiro atoms. The zero-order chi connectivity index (χ0) is 39.3. The second-order valence-corrected chi connectivity index (χ2v) is 15.6. The standard InChI is InChI=1S/C56H44N2/c1-37-15-11-13-21-49(37)51-35-47(28-23-39(51)3)57-53-30-27-43(31-46(53)34-55(57)42-19-9-6-10-20-42)44-25-26-45-33-54(41-17-7-5-8-18-41)58(56(45)32-44)48-29-24-40(4)52(36-48)50-22-14-12-16-38(50)2/h5-36H,1-4H3. The predicted molar refractivity (Wildman–Crippen MR) is 246 cm³/mol. The number of hydrogen-bond acceptors (Lipinski definition) is 0. The fourth-order valence-electron chi connectivity index (χ4n) is 8.80. The number of rotatable bonds is 7. The van der Waals surface area contributed by atoms with Crippen molar-refractivity contribution in [3.63, 3.8) is 0 Å². The topological polar surface area (TPSA) is 9.86 Å². The summed E-state index contributed by atoms with van der Waals surface area (Å²) in [5.74, 6) is 0. The summed E-state index contributed by atoms with van der Waals surface area (Å²) in [4.78, 5) is 0. The first-order chi connectivity index (χ1) is 28.4. The van der Waals surface area contributed by atoms with E-state index in [9.17, 15) is 0 Å². The summed E-state index contributed by atoms with van der Waals surface area (Å²) in [7, 11) is 0. The minimum absolute atomic E-state index is 1.15. The van der Waals surface area contributed by atoms with E-state index < -0.39 is 0 Å². The average molecular weight is 745 g/mol. The molecule has 0 bridgehead atoms. The maximum atomic E-state index is 2.45. The van der Waals surface area contributed by atoms with Crippen LogP contribution in [0.3, 0.4) is 0 Å². The van der Waals surface area contributed by atoms with Gasteiger partial charge in [-0.1, -0.05) is 140 Å². The predicted octanol–water partition coefficient (Wildman–Crippen LogP) is 15.1. The summed E-state index contributed by atoms with van der Waals surface area (Å²) in [6, 6.07) is 71.3. The minimum Gasteiger partial charge on any atom is -0.309 e. The monoisotopic (exact) mass is 744 g/mol. The number of fused-ring (bicyclic) bond motifs is 2. The van der Waals surface area contributed by atoms with Gasteiger partial charge in [0.05, 0.1) is 22.4 Å². The highest BCUT2D eigenvalue weighted by atomic mass is 15.0. The van der Waals surface area contributed by atoms with Gasteiger partial charge in [0.25, 0.3) is 0 Å². The number of nitrogens with zero attached hydrogens (tertiary/aromatic N) is 2. The minimum atomic E-state index is 1.15. The van der Waals surface area contributed by atoms with Gasteiger partial charge in [-0.25, -0.2) is 0 Å². The van der Waals surface area contributed by atoms with Gasteiger partial charge in [-0.3, -0.25) is 0 Å². The van der Waals surface area contributed by atoms with E-state index in [1.807, 2.05) is 0 Å². The lowest BCUT2D eigenvalue weighted by Gasteiger charge is -2.16. The Labute approximate surface area is 340 Å². The van der Waals surface area contributed by atoms with Gasteiger partial charge in [-0.05, 0) is 149 Å². The van der Waals surface area contributed by atoms with Gasteiger partial charge >= 0.3 is 0 Å². The van der Waals surface area contributed by atoms with Crippen molar-refractivity contribution in [2.75, 3.05) is 0 Å². The molecule has 278 valence electrons. The molecule has 58 heavy (non-hydrogen) atoms. The maximum Gasteiger partial charge on any atom is 0.0541 e. The molecule has 8 aromatic carbocycles. The first-order valence-corrected chi connectivity index (χ1v) is 20.2. The van der Waals surface area contributed by atoms with E-state index in [1.165, 1.54) is 100.0 Å². The van der Waals surface area contributed by atoms with Crippen LogP contribution in [0.5, 0.6) is 0 Å². The van der Waals surface area contributed by atoms with Crippen LogP contribution in [0.2, 0.25) is 0 Å². The maximum absolute atomic E-state index is 2.45. The highest BCUT2D eigenvalue weighted by Crippen LogP contribution is 2.39. The number of hydrogen-bond donors (Lipinski definition) is 0. The molecule has 10 rings (SSSR count). The van der Waals surface area contributed by atoms with Crippen molar-refractivity contribution in [3.05, 3.63) is 216 Å². The molecular weight excluding hydrogens is 701 g/mol. The van der Waals surface area contributed by atoms with Crippen LogP contribution in [0.15, 0.2) is 194 Å². The molecule has 0 unspecified atom stereocenters. The highest BCUT2D eigenvalue weighted by molar-refractivity contribution is 5.96. The quantitative estimate of drug-likeness (QED) is 0.154. The molecule has 2 heteroatoms. The second-order valence-electron chi connectivity index (χ2n) is 15.6. The van der Waals surface area contributed by atoms with E-state index in [0.717, 1.165) is 11.4 Å². The summed E-state index contributed by atoms with van der Waals surface area (Å²) in [6.45, 7) is 8.82. The van der Waals surface area contributed by atoms with E-state index in [2.05, 4.69) is 231 Å². The number of aromatic nitrogens is 2. The Hall–Kier alpha value is -7.16. The summed E-state index contributed by atoms with van der Waals surface area (Å²) < 4.78 is 4.88. The molecule has 2 aromatic heterocycles. The van der Waals surface area contributed by atoms with Crippen LogP contribution in [0.1, 0.15) is 22.3 Å². The van der Waals surface area contributed by atoms with Crippen molar-refractivity contribution < 1.29 is 0 Å². The van der Waals surface area contributed by atoms with Gasteiger partial charge in [0.1, 0.15) is 0 Å². The van der Waals surface area contributed by atoms with Gasteiger partial charge in [0, 0.05) is 22.1 Å². The van der Waals surface area contributed by atoms with Gasteiger partial charge in [-0.2, -0.15) is 0 Å². The Morgan fingerprint density at radius 2 is 0.724 bits per heavy atom. The summed E-state index contributed by atoms with van der Waals surface area (Å²) in [5, 5.41) is 2.42. The third-order valence-corrected chi connectivity index (χ3v) is 11.9. The van der Waals surface area contributed by atoms with E-state index in [4.69, 9.17) is 0 Å². The van der Waals surface area contributed by atoms with Crippen LogP contribution in [0.25, 0.3) is 89.1 Å². The van der Waals surface area contributed by atoms with Crippen LogP contribution in [-0.4, -0.2) is 9.13 Å². The molecule has 0 radical (unpaired) electrons. The third-order valence-electron chi connectivity index (χ3n) is 11.9. The van der Waals surface area contributed by atoms with E-state index >= 15 is 0 Å². The molecule has 0 atom stereocenters. The van der Waals surface area contributed by atoms with Gasteiger partial charge < -0.3 is 9.13 Å². The SMILES string of the molecule is Cc1ccccc1-c1cc(-n2c(-c3ccccc3)cc3cc(-c4ccc5cc(-c6ccccc6)n(-c6ccc(C)c(-c7ccccc7C)c6)c5c4)ccc32)ccc1C. The Balaban J connectivity index is 1.14. The smallest absolute Gasteiger partial charge is 0.0541 e. The average Bonchev–Trinajstić information content (AvgIpc) is 3.84. The molecule has 0 N–H and O–H groups in total. The molecule has 0 amide bonds. The summed E-state index contributed by atoms with van der Waals surface area (Å²) in [5.41, 5.74) is 21.9. The molecule has 0 fully saturated rings. The lowest BCUT2D eigenvalue weighted by atomic mass is 9.96. The molecular formula is C56H44N2. The van der Waals surface area contributed by atoms with E-state index in [0.29, 0.717) is 0 Å². The third kappa shape index (κ3) is 6.15. The zero-order valence-electron chi connectivity index (χ0n) is 33.4. The highest BCUT2D eigenvalue weighted by Gasteiger charge is 2.18. The molecule has 2 nitrogen and oxygen atoms in total. The first-order valence-electron chi connectivity index (χ1n) is 20.2. The summed E-state index contributed by atoms with van der Waals surface area (Å²) in [6.07, 6.45) is 0. The van der Waals surface area contributed by atoms with Gasteiger partial charge in [-0.15, -0.1) is 0 Å². The molecule has 0 aliphatic rings.